The number of anilines is 1. The van der Waals surface area contributed by atoms with Crippen LogP contribution in [0.5, 0.6) is 0 Å². The second kappa shape index (κ2) is 9.40. The average molecular weight is 448 g/mol. The molecule has 1 N–H and O–H groups in total. The van der Waals surface area contributed by atoms with E-state index in [9.17, 15) is 9.59 Å². The molecule has 8 heteroatoms. The van der Waals surface area contributed by atoms with Gasteiger partial charge in [0.2, 0.25) is 5.91 Å². The third-order valence-electron chi connectivity index (χ3n) is 5.25. The van der Waals surface area contributed by atoms with E-state index in [4.69, 9.17) is 0 Å². The summed E-state index contributed by atoms with van der Waals surface area (Å²) in [5.74, 6) is 0.602. The molecule has 0 fully saturated rings. The molecule has 0 saturated carbocycles. The lowest BCUT2D eigenvalue weighted by molar-refractivity contribution is -0.116. The molecule has 4 rings (SSSR count). The number of hydrogen-bond acceptors (Lipinski definition) is 5. The summed E-state index contributed by atoms with van der Waals surface area (Å²) in [6.07, 6.45) is 1.37. The highest BCUT2D eigenvalue weighted by atomic mass is 32.2. The van der Waals surface area contributed by atoms with Crippen LogP contribution in [0.4, 0.5) is 5.69 Å². The highest BCUT2D eigenvalue weighted by molar-refractivity contribution is 7.99. The topological polar surface area (TPSA) is 83.9 Å². The van der Waals surface area contributed by atoms with Gasteiger partial charge >= 0.3 is 0 Å². The van der Waals surface area contributed by atoms with E-state index in [0.717, 1.165) is 11.4 Å². The molecule has 0 aliphatic rings. The molecule has 0 aliphatic heterocycles. The van der Waals surface area contributed by atoms with Crippen molar-refractivity contribution in [3.8, 4) is 5.69 Å². The van der Waals surface area contributed by atoms with Crippen LogP contribution in [0.25, 0.3) is 16.9 Å². The second-order valence-electron chi connectivity index (χ2n) is 7.64. The number of imidazole rings is 1. The van der Waals surface area contributed by atoms with Gasteiger partial charge < -0.3 is 9.88 Å². The number of nitrogens with zero attached hydrogens (tertiary/aromatic N) is 4. The Morgan fingerprint density at radius 2 is 1.84 bits per heavy atom. The number of H-pyrrole nitrogens is 1. The number of carbonyl (C=O) groups is 1. The normalized spacial score (nSPS) is 11.2. The molecule has 2 aromatic carbocycles. The van der Waals surface area contributed by atoms with Gasteiger partial charge in [-0.25, -0.2) is 9.97 Å². The number of nitrogens with one attached hydrogen (secondary N) is 1. The Balaban J connectivity index is 1.61. The third kappa shape index (κ3) is 4.31. The van der Waals surface area contributed by atoms with Crippen molar-refractivity contribution < 1.29 is 4.79 Å². The number of aromatic amines is 1. The first-order valence-corrected chi connectivity index (χ1v) is 11.5. The molecule has 32 heavy (non-hydrogen) atoms. The van der Waals surface area contributed by atoms with Crippen molar-refractivity contribution in [2.45, 2.75) is 31.8 Å². The van der Waals surface area contributed by atoms with E-state index >= 15 is 0 Å². The zero-order valence-corrected chi connectivity index (χ0v) is 19.1. The van der Waals surface area contributed by atoms with Gasteiger partial charge in [0.1, 0.15) is 0 Å². The van der Waals surface area contributed by atoms with Crippen molar-refractivity contribution in [1.82, 2.24) is 19.5 Å². The van der Waals surface area contributed by atoms with E-state index < -0.39 is 0 Å². The Morgan fingerprint density at radius 3 is 2.50 bits per heavy atom. The number of aromatic nitrogens is 4. The number of para-hydroxylation sites is 1. The summed E-state index contributed by atoms with van der Waals surface area (Å²) in [4.78, 5) is 38.5. The van der Waals surface area contributed by atoms with Crippen LogP contribution in [-0.4, -0.2) is 37.7 Å². The highest BCUT2D eigenvalue weighted by Gasteiger charge is 2.20. The van der Waals surface area contributed by atoms with E-state index in [1.54, 1.807) is 4.90 Å². The summed E-state index contributed by atoms with van der Waals surface area (Å²) in [5, 5.41) is 0.551. The van der Waals surface area contributed by atoms with E-state index in [-0.39, 0.29) is 22.7 Å². The molecule has 0 aliphatic carbocycles. The maximum Gasteiger partial charge on any atom is 0.278 e. The molecule has 0 saturated heterocycles. The van der Waals surface area contributed by atoms with Crippen molar-refractivity contribution in [2.24, 2.45) is 0 Å². The minimum absolute atomic E-state index is 0.0247. The van der Waals surface area contributed by atoms with E-state index in [1.807, 2.05) is 54.0 Å². The van der Waals surface area contributed by atoms with Gasteiger partial charge in [-0.1, -0.05) is 55.9 Å². The van der Waals surface area contributed by atoms with Gasteiger partial charge in [0.05, 0.1) is 12.1 Å². The number of amides is 1. The van der Waals surface area contributed by atoms with Crippen LogP contribution in [0.3, 0.4) is 0 Å². The molecule has 1 amide bonds. The molecule has 0 unspecified atom stereocenters. The maximum atomic E-state index is 13.1. The van der Waals surface area contributed by atoms with E-state index in [2.05, 4.69) is 40.9 Å². The van der Waals surface area contributed by atoms with Crippen LogP contribution < -0.4 is 10.5 Å². The molecule has 7 nitrogen and oxygen atoms in total. The molecule has 2 heterocycles. The average Bonchev–Trinajstić information content (AvgIpc) is 3.19. The fraction of sp³-hybridized carbons (Fsp3) is 0.250. The standard InChI is InChI=1S/C24H25N5O2S/c1-4-28(18-12-10-17(11-13-18)16(2)3)20(30)14-32-24-27-21-22(25-15-26-23(21)31)29(24)19-8-6-5-7-9-19/h5-13,15-16H,4,14H2,1-3H3,(H,25,26,31). The summed E-state index contributed by atoms with van der Waals surface area (Å²) in [5.41, 5.74) is 3.35. The lowest BCUT2D eigenvalue weighted by Crippen LogP contribution is -2.32. The molecule has 164 valence electrons. The van der Waals surface area contributed by atoms with E-state index in [1.165, 1.54) is 23.7 Å². The smallest absolute Gasteiger partial charge is 0.278 e. The second-order valence-corrected chi connectivity index (χ2v) is 8.58. The highest BCUT2D eigenvalue weighted by Crippen LogP contribution is 2.27. The molecule has 0 spiro atoms. The minimum Gasteiger partial charge on any atom is -0.312 e. The Morgan fingerprint density at radius 1 is 1.12 bits per heavy atom. The van der Waals surface area contributed by atoms with Crippen LogP contribution in [0.15, 0.2) is 70.9 Å². The van der Waals surface area contributed by atoms with Crippen molar-refractivity contribution in [2.75, 3.05) is 17.2 Å². The zero-order valence-electron chi connectivity index (χ0n) is 18.3. The first-order chi connectivity index (χ1) is 15.5. The zero-order chi connectivity index (χ0) is 22.7. The van der Waals surface area contributed by atoms with E-state index in [0.29, 0.717) is 23.3 Å². The van der Waals surface area contributed by atoms with Crippen LogP contribution in [-0.2, 0) is 4.79 Å². The van der Waals surface area contributed by atoms with Gasteiger partial charge in [0, 0.05) is 17.9 Å². The number of thioether (sulfide) groups is 1. The van der Waals surface area contributed by atoms with Gasteiger partial charge in [0.25, 0.3) is 5.56 Å². The number of rotatable bonds is 7. The monoisotopic (exact) mass is 447 g/mol. The Kier molecular flexibility index (Phi) is 6.41. The first kappa shape index (κ1) is 21.8. The summed E-state index contributed by atoms with van der Waals surface area (Å²) in [7, 11) is 0. The van der Waals surface area contributed by atoms with Crippen LogP contribution in [0.1, 0.15) is 32.3 Å². The Labute approximate surface area is 190 Å². The summed E-state index contributed by atoms with van der Waals surface area (Å²) in [6, 6.07) is 17.7. The lowest BCUT2D eigenvalue weighted by Gasteiger charge is -2.21. The number of hydrogen-bond donors (Lipinski definition) is 1. The largest absolute Gasteiger partial charge is 0.312 e. The molecular weight excluding hydrogens is 422 g/mol. The number of fused-ring (bicyclic) bond motifs is 1. The number of carbonyl (C=O) groups excluding carboxylic acids is 1. The predicted molar refractivity (Wildman–Crippen MR) is 129 cm³/mol. The quantitative estimate of drug-likeness (QED) is 0.425. The lowest BCUT2D eigenvalue weighted by atomic mass is 10.0. The van der Waals surface area contributed by atoms with Crippen LogP contribution >= 0.6 is 11.8 Å². The first-order valence-electron chi connectivity index (χ1n) is 10.5. The van der Waals surface area contributed by atoms with Gasteiger partial charge in [-0.2, -0.15) is 0 Å². The van der Waals surface area contributed by atoms with Crippen molar-refractivity contribution in [1.29, 1.82) is 0 Å². The maximum absolute atomic E-state index is 13.1. The Hall–Kier alpha value is -3.39. The fourth-order valence-electron chi connectivity index (χ4n) is 3.54. The third-order valence-corrected chi connectivity index (χ3v) is 6.17. The fourth-order valence-corrected chi connectivity index (χ4v) is 4.42. The minimum atomic E-state index is -0.307. The van der Waals surface area contributed by atoms with Gasteiger partial charge in [0.15, 0.2) is 16.3 Å². The summed E-state index contributed by atoms with van der Waals surface area (Å²) < 4.78 is 1.82. The summed E-state index contributed by atoms with van der Waals surface area (Å²) >= 11 is 1.30. The molecule has 4 aromatic rings. The van der Waals surface area contributed by atoms with Crippen molar-refractivity contribution >= 4 is 34.5 Å². The number of benzene rings is 2. The van der Waals surface area contributed by atoms with Gasteiger partial charge in [-0.05, 0) is 42.7 Å². The molecule has 0 radical (unpaired) electrons. The predicted octanol–water partition coefficient (Wildman–Crippen LogP) is 4.38. The molecule has 2 aromatic heterocycles. The van der Waals surface area contributed by atoms with Crippen molar-refractivity contribution in [3.63, 3.8) is 0 Å². The van der Waals surface area contributed by atoms with Crippen LogP contribution in [0.2, 0.25) is 0 Å². The Bertz CT molecular complexity index is 1280. The molecule has 0 bridgehead atoms. The summed E-state index contributed by atoms with van der Waals surface area (Å²) in [6.45, 7) is 6.82. The van der Waals surface area contributed by atoms with Gasteiger partial charge in [-0.15, -0.1) is 0 Å². The van der Waals surface area contributed by atoms with Crippen LogP contribution in [0, 0.1) is 0 Å². The van der Waals surface area contributed by atoms with Crippen molar-refractivity contribution in [3.05, 3.63) is 76.8 Å². The molecular formula is C24H25N5O2S. The molecule has 0 atom stereocenters. The SMILES string of the molecule is CCN(C(=O)CSc1nc2c(=O)[nH]cnc2n1-c1ccccc1)c1ccc(C(C)C)cc1. The van der Waals surface area contributed by atoms with Gasteiger partial charge in [-0.3, -0.25) is 14.2 Å².